The molecule has 1 N–H and O–H groups in total. The van der Waals surface area contributed by atoms with Crippen molar-refractivity contribution < 1.29 is 0 Å². The minimum Gasteiger partial charge on any atom is -0.314 e. The van der Waals surface area contributed by atoms with Gasteiger partial charge in [-0.1, -0.05) is 6.92 Å². The quantitative estimate of drug-likeness (QED) is 0.817. The highest BCUT2D eigenvalue weighted by Gasteiger charge is 2.20. The van der Waals surface area contributed by atoms with E-state index in [0.29, 0.717) is 6.04 Å². The Morgan fingerprint density at radius 2 is 2.64 bits per heavy atom. The van der Waals surface area contributed by atoms with Gasteiger partial charge in [0.15, 0.2) is 0 Å². The summed E-state index contributed by atoms with van der Waals surface area (Å²) in [5, 5.41) is 5.58. The van der Waals surface area contributed by atoms with Gasteiger partial charge in [-0.25, -0.2) is 4.98 Å². The van der Waals surface area contributed by atoms with Crippen molar-refractivity contribution in [3.05, 3.63) is 16.6 Å². The zero-order valence-corrected chi connectivity index (χ0v) is 9.39. The first-order valence-corrected chi connectivity index (χ1v) is 6.16. The molecule has 78 valence electrons. The van der Waals surface area contributed by atoms with Gasteiger partial charge in [-0.15, -0.1) is 11.3 Å². The van der Waals surface area contributed by atoms with Crippen LogP contribution in [-0.2, 0) is 6.54 Å². The summed E-state index contributed by atoms with van der Waals surface area (Å²) in [7, 11) is 0. The lowest BCUT2D eigenvalue weighted by Crippen LogP contribution is -2.50. The van der Waals surface area contributed by atoms with E-state index in [9.17, 15) is 0 Å². The Kier molecular flexibility index (Phi) is 3.50. The average Bonchev–Trinajstić information content (AvgIpc) is 2.71. The van der Waals surface area contributed by atoms with E-state index in [2.05, 4.69) is 27.5 Å². The van der Waals surface area contributed by atoms with E-state index in [1.807, 2.05) is 5.51 Å². The van der Waals surface area contributed by atoms with Crippen molar-refractivity contribution in [2.75, 3.05) is 19.6 Å². The molecule has 1 aromatic heterocycles. The van der Waals surface area contributed by atoms with Crippen LogP contribution in [0.15, 0.2) is 10.9 Å². The number of hydrogen-bond acceptors (Lipinski definition) is 4. The molecule has 2 rings (SSSR count). The maximum atomic E-state index is 4.34. The molecule has 1 saturated heterocycles. The highest BCUT2D eigenvalue weighted by Crippen LogP contribution is 2.12. The van der Waals surface area contributed by atoms with E-state index in [4.69, 9.17) is 0 Å². The van der Waals surface area contributed by atoms with Gasteiger partial charge in [0.25, 0.3) is 0 Å². The highest BCUT2D eigenvalue weighted by molar-refractivity contribution is 7.07. The van der Waals surface area contributed by atoms with Gasteiger partial charge < -0.3 is 5.32 Å². The summed E-state index contributed by atoms with van der Waals surface area (Å²) in [6.07, 6.45) is 1.22. The number of hydrogen-bond donors (Lipinski definition) is 1. The number of nitrogens with one attached hydrogen (secondary N) is 1. The fraction of sp³-hybridized carbons (Fsp3) is 0.700. The normalized spacial score (nSPS) is 23.9. The SMILES string of the molecule is CCC1CNCCN1Cc1cscn1. The van der Waals surface area contributed by atoms with E-state index >= 15 is 0 Å². The molecule has 3 nitrogen and oxygen atoms in total. The lowest BCUT2D eigenvalue weighted by Gasteiger charge is -2.35. The fourth-order valence-corrected chi connectivity index (χ4v) is 2.49. The molecule has 1 aliphatic rings. The van der Waals surface area contributed by atoms with Gasteiger partial charge in [-0.2, -0.15) is 0 Å². The zero-order chi connectivity index (χ0) is 9.80. The van der Waals surface area contributed by atoms with Crippen molar-refractivity contribution >= 4 is 11.3 Å². The molecule has 0 aliphatic carbocycles. The van der Waals surface area contributed by atoms with Gasteiger partial charge in [-0.05, 0) is 6.42 Å². The lowest BCUT2D eigenvalue weighted by molar-refractivity contribution is 0.147. The summed E-state index contributed by atoms with van der Waals surface area (Å²) in [4.78, 5) is 6.87. The molecule has 14 heavy (non-hydrogen) atoms. The van der Waals surface area contributed by atoms with Crippen molar-refractivity contribution in [2.45, 2.75) is 25.9 Å². The highest BCUT2D eigenvalue weighted by atomic mass is 32.1. The second kappa shape index (κ2) is 4.87. The van der Waals surface area contributed by atoms with Gasteiger partial charge in [0.05, 0.1) is 11.2 Å². The molecule has 0 saturated carbocycles. The fourth-order valence-electron chi connectivity index (χ4n) is 1.94. The van der Waals surface area contributed by atoms with E-state index in [-0.39, 0.29) is 0 Å². The first-order valence-electron chi connectivity index (χ1n) is 5.22. The summed E-state index contributed by atoms with van der Waals surface area (Å²) >= 11 is 1.68. The predicted octanol–water partition coefficient (Wildman–Crippen LogP) is 1.33. The molecule has 1 aromatic rings. The summed E-state index contributed by atoms with van der Waals surface area (Å²) in [6, 6.07) is 0.686. The third-order valence-corrected chi connectivity index (χ3v) is 3.43. The molecule has 1 aliphatic heterocycles. The zero-order valence-electron chi connectivity index (χ0n) is 8.57. The largest absolute Gasteiger partial charge is 0.314 e. The maximum Gasteiger partial charge on any atom is 0.0795 e. The third-order valence-electron chi connectivity index (χ3n) is 2.79. The number of nitrogens with zero attached hydrogens (tertiary/aromatic N) is 2. The number of aromatic nitrogens is 1. The second-order valence-corrected chi connectivity index (χ2v) is 4.44. The Morgan fingerprint density at radius 1 is 1.71 bits per heavy atom. The minimum atomic E-state index is 0.686. The Bertz CT molecular complexity index is 260. The Morgan fingerprint density at radius 3 is 3.36 bits per heavy atom. The molecule has 0 aromatic carbocycles. The van der Waals surface area contributed by atoms with Crippen LogP contribution in [0, 0.1) is 0 Å². The monoisotopic (exact) mass is 211 g/mol. The van der Waals surface area contributed by atoms with Gasteiger partial charge in [0, 0.05) is 37.6 Å². The van der Waals surface area contributed by atoms with Gasteiger partial charge in [0.2, 0.25) is 0 Å². The topological polar surface area (TPSA) is 28.2 Å². The van der Waals surface area contributed by atoms with Crippen LogP contribution in [0.1, 0.15) is 19.0 Å². The minimum absolute atomic E-state index is 0.686. The Hall–Kier alpha value is -0.450. The molecule has 0 radical (unpaired) electrons. The molecule has 0 spiro atoms. The first-order chi connectivity index (χ1) is 6.90. The predicted molar refractivity (Wildman–Crippen MR) is 59.5 cm³/mol. The molecule has 1 atom stereocenters. The van der Waals surface area contributed by atoms with Crippen LogP contribution in [0.4, 0.5) is 0 Å². The maximum absolute atomic E-state index is 4.34. The molecular formula is C10H17N3S. The Balaban J connectivity index is 1.94. The molecule has 0 bridgehead atoms. The standard InChI is InChI=1S/C10H17N3S/c1-2-10-5-11-3-4-13(10)6-9-7-14-8-12-9/h7-8,10-11H,2-6H2,1H3. The first kappa shape index (κ1) is 10.1. The molecule has 1 unspecified atom stereocenters. The molecule has 2 heterocycles. The van der Waals surface area contributed by atoms with E-state index in [1.54, 1.807) is 11.3 Å². The van der Waals surface area contributed by atoms with Crippen molar-refractivity contribution in [1.29, 1.82) is 0 Å². The summed E-state index contributed by atoms with van der Waals surface area (Å²) < 4.78 is 0. The van der Waals surface area contributed by atoms with Gasteiger partial charge in [-0.3, -0.25) is 4.90 Å². The smallest absolute Gasteiger partial charge is 0.0795 e. The van der Waals surface area contributed by atoms with E-state index in [0.717, 1.165) is 26.2 Å². The van der Waals surface area contributed by atoms with Crippen LogP contribution in [0.3, 0.4) is 0 Å². The van der Waals surface area contributed by atoms with E-state index < -0.39 is 0 Å². The van der Waals surface area contributed by atoms with Crippen molar-refractivity contribution in [3.63, 3.8) is 0 Å². The third kappa shape index (κ3) is 2.32. The van der Waals surface area contributed by atoms with Crippen LogP contribution in [-0.4, -0.2) is 35.6 Å². The number of rotatable bonds is 3. The molecule has 4 heteroatoms. The average molecular weight is 211 g/mol. The van der Waals surface area contributed by atoms with Crippen LogP contribution in [0.5, 0.6) is 0 Å². The van der Waals surface area contributed by atoms with Crippen molar-refractivity contribution in [3.8, 4) is 0 Å². The van der Waals surface area contributed by atoms with Crippen LogP contribution < -0.4 is 5.32 Å². The van der Waals surface area contributed by atoms with E-state index in [1.165, 1.54) is 12.1 Å². The number of thiazole rings is 1. The van der Waals surface area contributed by atoms with Crippen LogP contribution in [0.25, 0.3) is 0 Å². The number of piperazine rings is 1. The lowest BCUT2D eigenvalue weighted by atomic mass is 10.1. The Labute approximate surface area is 89.1 Å². The van der Waals surface area contributed by atoms with Gasteiger partial charge >= 0.3 is 0 Å². The van der Waals surface area contributed by atoms with Crippen LogP contribution in [0.2, 0.25) is 0 Å². The summed E-state index contributed by atoms with van der Waals surface area (Å²) in [5.74, 6) is 0. The van der Waals surface area contributed by atoms with Crippen LogP contribution >= 0.6 is 11.3 Å². The second-order valence-electron chi connectivity index (χ2n) is 3.72. The summed E-state index contributed by atoms with van der Waals surface area (Å²) in [5.41, 5.74) is 3.13. The van der Waals surface area contributed by atoms with Crippen molar-refractivity contribution in [1.82, 2.24) is 15.2 Å². The molecule has 0 amide bonds. The molecular weight excluding hydrogens is 194 g/mol. The van der Waals surface area contributed by atoms with Gasteiger partial charge in [0.1, 0.15) is 0 Å². The summed E-state index contributed by atoms with van der Waals surface area (Å²) in [6.45, 7) is 6.66. The van der Waals surface area contributed by atoms with Crippen molar-refractivity contribution in [2.24, 2.45) is 0 Å². The molecule has 1 fully saturated rings.